The maximum absolute atomic E-state index is 13.7. The summed E-state index contributed by atoms with van der Waals surface area (Å²) in [5.41, 5.74) is 5.94. The Morgan fingerprint density at radius 1 is 1.41 bits per heavy atom. The smallest absolute Gasteiger partial charge is 0.148 e. The molecule has 0 saturated carbocycles. The van der Waals surface area contributed by atoms with Gasteiger partial charge in [-0.2, -0.15) is 0 Å². The number of hydrogen-bond donors (Lipinski definition) is 2. The van der Waals surface area contributed by atoms with E-state index in [-0.39, 0.29) is 5.82 Å². The van der Waals surface area contributed by atoms with Crippen LogP contribution in [-0.2, 0) is 5.54 Å². The van der Waals surface area contributed by atoms with Crippen LogP contribution in [0.5, 0.6) is 0 Å². The van der Waals surface area contributed by atoms with Crippen LogP contribution in [0.15, 0.2) is 29.8 Å². The highest BCUT2D eigenvalue weighted by atomic mass is 32.1. The summed E-state index contributed by atoms with van der Waals surface area (Å²) in [5.74, 6) is -0.352. The van der Waals surface area contributed by atoms with Crippen molar-refractivity contribution in [1.29, 1.82) is 0 Å². The molecule has 0 bridgehead atoms. The van der Waals surface area contributed by atoms with E-state index in [1.807, 2.05) is 19.2 Å². The van der Waals surface area contributed by atoms with Crippen LogP contribution in [0.2, 0.25) is 0 Å². The molecule has 1 aromatic heterocycles. The fraction of sp³-hybridized carbons (Fsp3) is 0.250. The van der Waals surface area contributed by atoms with Crippen molar-refractivity contribution in [1.82, 2.24) is 4.98 Å². The van der Waals surface area contributed by atoms with Gasteiger partial charge in [0.1, 0.15) is 10.8 Å². The van der Waals surface area contributed by atoms with Crippen LogP contribution in [0.4, 0.5) is 15.8 Å². The van der Waals surface area contributed by atoms with E-state index < -0.39 is 5.54 Å². The molecule has 0 unspecified atom stereocenters. The number of halogens is 1. The molecule has 0 aliphatic rings. The molecule has 5 heteroatoms. The Morgan fingerprint density at radius 2 is 2.18 bits per heavy atom. The van der Waals surface area contributed by atoms with Gasteiger partial charge in [0.2, 0.25) is 0 Å². The Kier molecular flexibility index (Phi) is 3.02. The number of nitrogens with one attached hydrogen (secondary N) is 1. The van der Waals surface area contributed by atoms with Crippen LogP contribution in [-0.4, -0.2) is 4.98 Å². The number of nitrogen functional groups attached to an aromatic ring is 1. The lowest BCUT2D eigenvalue weighted by Crippen LogP contribution is -2.28. The van der Waals surface area contributed by atoms with Crippen LogP contribution in [0.1, 0.15) is 18.9 Å². The second-order valence-electron chi connectivity index (χ2n) is 4.33. The van der Waals surface area contributed by atoms with E-state index in [2.05, 4.69) is 10.3 Å². The number of thiazole rings is 1. The van der Waals surface area contributed by atoms with Gasteiger partial charge >= 0.3 is 0 Å². The van der Waals surface area contributed by atoms with Crippen molar-refractivity contribution in [2.75, 3.05) is 11.1 Å². The monoisotopic (exact) mass is 251 g/mol. The number of rotatable bonds is 3. The third kappa shape index (κ3) is 2.55. The molecule has 3 nitrogen and oxygen atoms in total. The van der Waals surface area contributed by atoms with Crippen molar-refractivity contribution in [3.05, 3.63) is 40.6 Å². The number of nitrogens with zero attached hydrogens (tertiary/aromatic N) is 1. The maximum Gasteiger partial charge on any atom is 0.148 e. The first-order chi connectivity index (χ1) is 7.99. The first-order valence-corrected chi connectivity index (χ1v) is 6.10. The zero-order valence-electron chi connectivity index (χ0n) is 9.70. The van der Waals surface area contributed by atoms with Crippen molar-refractivity contribution in [3.8, 4) is 0 Å². The van der Waals surface area contributed by atoms with Crippen LogP contribution >= 0.6 is 11.3 Å². The predicted molar refractivity (Wildman–Crippen MR) is 69.6 cm³/mol. The second-order valence-corrected chi connectivity index (χ2v) is 5.22. The summed E-state index contributed by atoms with van der Waals surface area (Å²) in [6, 6.07) is 4.61. The molecular weight excluding hydrogens is 237 g/mol. The zero-order valence-corrected chi connectivity index (χ0v) is 10.5. The summed E-state index contributed by atoms with van der Waals surface area (Å²) in [7, 11) is 0. The fourth-order valence-electron chi connectivity index (χ4n) is 1.55. The number of nitrogens with two attached hydrogens (primary N) is 1. The summed E-state index contributed by atoms with van der Waals surface area (Å²) in [5, 5.41) is 5.95. The molecule has 0 amide bonds. The molecule has 0 saturated heterocycles. The van der Waals surface area contributed by atoms with Gasteiger partial charge in [-0.15, -0.1) is 11.3 Å². The van der Waals surface area contributed by atoms with E-state index in [0.29, 0.717) is 11.4 Å². The van der Waals surface area contributed by atoms with Crippen molar-refractivity contribution < 1.29 is 4.39 Å². The van der Waals surface area contributed by atoms with Gasteiger partial charge in [-0.3, -0.25) is 0 Å². The average molecular weight is 251 g/mol. The highest BCUT2D eigenvalue weighted by Crippen LogP contribution is 2.28. The average Bonchev–Trinajstić information content (AvgIpc) is 2.76. The van der Waals surface area contributed by atoms with Gasteiger partial charge in [-0.05, 0) is 32.0 Å². The van der Waals surface area contributed by atoms with E-state index in [4.69, 9.17) is 5.73 Å². The molecule has 2 rings (SSSR count). The normalized spacial score (nSPS) is 11.5. The molecule has 0 aliphatic carbocycles. The Hall–Kier alpha value is -1.62. The lowest BCUT2D eigenvalue weighted by atomic mass is 10.1. The third-order valence-corrected chi connectivity index (χ3v) is 3.50. The Morgan fingerprint density at radius 3 is 2.76 bits per heavy atom. The van der Waals surface area contributed by atoms with Gasteiger partial charge in [0, 0.05) is 17.3 Å². The Labute approximate surface area is 103 Å². The van der Waals surface area contributed by atoms with Crippen LogP contribution in [0.25, 0.3) is 0 Å². The first-order valence-electron chi connectivity index (χ1n) is 5.22. The van der Waals surface area contributed by atoms with Gasteiger partial charge in [-0.25, -0.2) is 9.37 Å². The minimum absolute atomic E-state index is 0.352. The first kappa shape index (κ1) is 11.9. The SMILES string of the molecule is CC(C)(Nc1ccc(N)cc1F)c1nccs1. The molecule has 0 radical (unpaired) electrons. The van der Waals surface area contributed by atoms with Crippen LogP contribution in [0.3, 0.4) is 0 Å². The third-order valence-electron chi connectivity index (χ3n) is 2.41. The lowest BCUT2D eigenvalue weighted by Gasteiger charge is -2.25. The summed E-state index contributed by atoms with van der Waals surface area (Å²) in [6.45, 7) is 3.92. The summed E-state index contributed by atoms with van der Waals surface area (Å²) >= 11 is 1.54. The summed E-state index contributed by atoms with van der Waals surface area (Å²) in [4.78, 5) is 4.24. The predicted octanol–water partition coefficient (Wildman–Crippen LogP) is 3.21. The van der Waals surface area contributed by atoms with Gasteiger partial charge in [0.15, 0.2) is 0 Å². The molecule has 0 fully saturated rings. The number of aromatic nitrogens is 1. The quantitative estimate of drug-likeness (QED) is 0.823. The molecule has 0 aliphatic heterocycles. The number of hydrogen-bond acceptors (Lipinski definition) is 4. The molecule has 2 aromatic rings. The van der Waals surface area contributed by atoms with E-state index in [1.54, 1.807) is 18.3 Å². The maximum atomic E-state index is 13.7. The highest BCUT2D eigenvalue weighted by Gasteiger charge is 2.24. The highest BCUT2D eigenvalue weighted by molar-refractivity contribution is 7.09. The van der Waals surface area contributed by atoms with Crippen LogP contribution < -0.4 is 11.1 Å². The standard InChI is InChI=1S/C12H14FN3S/c1-12(2,11-15-5-6-17-11)16-10-4-3-8(14)7-9(10)13/h3-7,16H,14H2,1-2H3. The fourth-order valence-corrected chi connectivity index (χ4v) is 2.27. The zero-order chi connectivity index (χ0) is 12.5. The summed E-state index contributed by atoms with van der Waals surface area (Å²) in [6.07, 6.45) is 1.74. The van der Waals surface area contributed by atoms with Crippen LogP contribution in [0, 0.1) is 5.82 Å². The Bertz CT molecular complexity index is 508. The molecule has 0 atom stereocenters. The molecule has 1 heterocycles. The molecule has 1 aromatic carbocycles. The molecular formula is C12H14FN3S. The largest absolute Gasteiger partial charge is 0.399 e. The second kappa shape index (κ2) is 4.33. The molecule has 3 N–H and O–H groups in total. The van der Waals surface area contributed by atoms with E-state index in [1.165, 1.54) is 17.4 Å². The van der Waals surface area contributed by atoms with E-state index in [9.17, 15) is 4.39 Å². The topological polar surface area (TPSA) is 50.9 Å². The minimum atomic E-state index is -0.412. The summed E-state index contributed by atoms with van der Waals surface area (Å²) < 4.78 is 13.7. The van der Waals surface area contributed by atoms with Gasteiger partial charge < -0.3 is 11.1 Å². The van der Waals surface area contributed by atoms with E-state index >= 15 is 0 Å². The lowest BCUT2D eigenvalue weighted by molar-refractivity contribution is 0.581. The van der Waals surface area contributed by atoms with Crippen molar-refractivity contribution >= 4 is 22.7 Å². The number of anilines is 2. The van der Waals surface area contributed by atoms with E-state index in [0.717, 1.165) is 5.01 Å². The van der Waals surface area contributed by atoms with Gasteiger partial charge in [0.25, 0.3) is 0 Å². The van der Waals surface area contributed by atoms with Crippen molar-refractivity contribution in [2.24, 2.45) is 0 Å². The van der Waals surface area contributed by atoms with Gasteiger partial charge in [0.05, 0.1) is 11.2 Å². The minimum Gasteiger partial charge on any atom is -0.399 e. The number of benzene rings is 1. The molecule has 90 valence electrons. The Balaban J connectivity index is 2.26. The van der Waals surface area contributed by atoms with Crippen molar-refractivity contribution in [2.45, 2.75) is 19.4 Å². The molecule has 0 spiro atoms. The molecule has 17 heavy (non-hydrogen) atoms. The van der Waals surface area contributed by atoms with Gasteiger partial charge in [-0.1, -0.05) is 0 Å². The van der Waals surface area contributed by atoms with Crippen molar-refractivity contribution in [3.63, 3.8) is 0 Å².